The number of aryl methyl sites for hydroxylation is 1. The zero-order valence-electron chi connectivity index (χ0n) is 11.6. The van der Waals surface area contributed by atoms with Gasteiger partial charge in [-0.05, 0) is 30.9 Å². The Morgan fingerprint density at radius 3 is 3.00 bits per heavy atom. The quantitative estimate of drug-likeness (QED) is 0.715. The van der Waals surface area contributed by atoms with Gasteiger partial charge in [0.05, 0.1) is 11.6 Å². The summed E-state index contributed by atoms with van der Waals surface area (Å²) in [4.78, 5) is 10.9. The molecule has 3 heterocycles. The minimum absolute atomic E-state index is 0.267. The van der Waals surface area contributed by atoms with Crippen LogP contribution in [0.1, 0.15) is 18.4 Å². The minimum atomic E-state index is 0.267. The minimum Gasteiger partial charge on any atom is -0.368 e. The van der Waals surface area contributed by atoms with Crippen LogP contribution in [0.5, 0.6) is 0 Å². The topological polar surface area (TPSA) is 83.7 Å². The van der Waals surface area contributed by atoms with E-state index in [1.165, 1.54) is 17.7 Å². The molecule has 6 nitrogen and oxygen atoms in total. The number of benzene rings is 1. The summed E-state index contributed by atoms with van der Waals surface area (Å²) in [5.74, 6) is 1.10. The van der Waals surface area contributed by atoms with Crippen molar-refractivity contribution in [3.05, 3.63) is 36.0 Å². The molecule has 2 aromatic heterocycles. The Kier molecular flexibility index (Phi) is 2.73. The van der Waals surface area contributed by atoms with Gasteiger partial charge in [0.2, 0.25) is 5.95 Å². The van der Waals surface area contributed by atoms with Crippen molar-refractivity contribution >= 4 is 28.5 Å². The number of hydrogen-bond donors (Lipinski definition) is 2. The average Bonchev–Trinajstić information content (AvgIpc) is 2.85. The van der Waals surface area contributed by atoms with Crippen LogP contribution in [0, 0.1) is 0 Å². The maximum atomic E-state index is 5.85. The maximum Gasteiger partial charge on any atom is 0.224 e. The molecule has 0 saturated heterocycles. The highest BCUT2D eigenvalue weighted by molar-refractivity contribution is 5.90. The van der Waals surface area contributed by atoms with Crippen LogP contribution in [0.25, 0.3) is 11.0 Å². The van der Waals surface area contributed by atoms with Crippen LogP contribution in [-0.4, -0.2) is 26.7 Å². The fraction of sp³-hybridized carbons (Fsp3) is 0.267. The molecule has 3 N–H and O–H groups in total. The Morgan fingerprint density at radius 2 is 2.05 bits per heavy atom. The molecule has 1 aliphatic heterocycles. The summed E-state index contributed by atoms with van der Waals surface area (Å²) in [5.41, 5.74) is 9.09. The summed E-state index contributed by atoms with van der Waals surface area (Å²) in [7, 11) is 0. The second-order valence-electron chi connectivity index (χ2n) is 5.28. The molecule has 0 amide bonds. The van der Waals surface area contributed by atoms with Gasteiger partial charge in [0, 0.05) is 12.2 Å². The van der Waals surface area contributed by atoms with E-state index in [9.17, 15) is 0 Å². The van der Waals surface area contributed by atoms with E-state index in [-0.39, 0.29) is 5.95 Å². The lowest BCUT2D eigenvalue weighted by molar-refractivity contribution is 0.758. The first-order chi connectivity index (χ1) is 10.3. The van der Waals surface area contributed by atoms with Crippen molar-refractivity contribution in [3.63, 3.8) is 0 Å². The third kappa shape index (κ3) is 1.99. The summed E-state index contributed by atoms with van der Waals surface area (Å²) in [6.07, 6.45) is 5.17. The van der Waals surface area contributed by atoms with Crippen molar-refractivity contribution in [2.45, 2.75) is 19.3 Å². The van der Waals surface area contributed by atoms with Crippen molar-refractivity contribution in [1.29, 1.82) is 0 Å². The summed E-state index contributed by atoms with van der Waals surface area (Å²) in [6, 6.07) is 8.48. The zero-order valence-corrected chi connectivity index (χ0v) is 11.6. The van der Waals surface area contributed by atoms with Gasteiger partial charge in [-0.2, -0.15) is 15.1 Å². The first-order valence-corrected chi connectivity index (χ1v) is 7.15. The van der Waals surface area contributed by atoms with Crippen LogP contribution in [0.3, 0.4) is 0 Å². The number of nitrogens with two attached hydrogens (primary N) is 1. The van der Waals surface area contributed by atoms with E-state index in [1.54, 1.807) is 6.20 Å². The van der Waals surface area contributed by atoms with Gasteiger partial charge in [-0.25, -0.2) is 0 Å². The van der Waals surface area contributed by atoms with E-state index in [4.69, 9.17) is 5.73 Å². The predicted molar refractivity (Wildman–Crippen MR) is 82.5 cm³/mol. The number of aromatic amines is 1. The second-order valence-corrected chi connectivity index (χ2v) is 5.28. The highest BCUT2D eigenvalue weighted by Crippen LogP contribution is 2.34. The molecule has 21 heavy (non-hydrogen) atoms. The fourth-order valence-corrected chi connectivity index (χ4v) is 2.95. The van der Waals surface area contributed by atoms with Crippen molar-refractivity contribution in [3.8, 4) is 0 Å². The van der Waals surface area contributed by atoms with E-state index < -0.39 is 0 Å². The number of para-hydroxylation sites is 1. The van der Waals surface area contributed by atoms with Gasteiger partial charge in [-0.3, -0.25) is 5.10 Å². The van der Waals surface area contributed by atoms with Crippen LogP contribution in [0.15, 0.2) is 30.5 Å². The molecular formula is C15H16N6. The van der Waals surface area contributed by atoms with Gasteiger partial charge >= 0.3 is 0 Å². The summed E-state index contributed by atoms with van der Waals surface area (Å²) >= 11 is 0. The molecule has 0 radical (unpaired) electrons. The monoisotopic (exact) mass is 280 g/mol. The molecule has 0 unspecified atom stereocenters. The number of aromatic nitrogens is 4. The fourth-order valence-electron chi connectivity index (χ4n) is 2.95. The summed E-state index contributed by atoms with van der Waals surface area (Å²) < 4.78 is 0. The average molecular weight is 280 g/mol. The van der Waals surface area contributed by atoms with Crippen molar-refractivity contribution in [1.82, 2.24) is 20.2 Å². The molecule has 0 bridgehead atoms. The lowest BCUT2D eigenvalue weighted by Crippen LogP contribution is -2.20. The van der Waals surface area contributed by atoms with Crippen LogP contribution < -0.4 is 10.6 Å². The largest absolute Gasteiger partial charge is 0.368 e. The number of nitrogens with one attached hydrogen (secondary N) is 1. The lowest BCUT2D eigenvalue weighted by Gasteiger charge is -2.24. The Balaban J connectivity index is 1.94. The number of nitrogen functional groups attached to an aromatic ring is 1. The van der Waals surface area contributed by atoms with E-state index in [0.717, 1.165) is 30.6 Å². The SMILES string of the molecule is Nc1nc(N2CCCCc3ccccc32)c2cn[nH]c2n1. The third-order valence-corrected chi connectivity index (χ3v) is 3.92. The van der Waals surface area contributed by atoms with Crippen molar-refractivity contribution in [2.24, 2.45) is 0 Å². The summed E-state index contributed by atoms with van der Waals surface area (Å²) in [6.45, 7) is 0.924. The van der Waals surface area contributed by atoms with Gasteiger partial charge in [0.25, 0.3) is 0 Å². The molecule has 1 aromatic carbocycles. The number of rotatable bonds is 1. The van der Waals surface area contributed by atoms with Crippen LogP contribution in [0.4, 0.5) is 17.5 Å². The van der Waals surface area contributed by atoms with E-state index in [2.05, 4.69) is 49.3 Å². The van der Waals surface area contributed by atoms with Gasteiger partial charge in [-0.1, -0.05) is 18.2 Å². The first kappa shape index (κ1) is 12.1. The Labute approximate surface area is 122 Å². The molecule has 4 rings (SSSR count). The third-order valence-electron chi connectivity index (χ3n) is 3.92. The molecule has 0 spiro atoms. The van der Waals surface area contributed by atoms with E-state index >= 15 is 0 Å². The van der Waals surface area contributed by atoms with E-state index in [0.29, 0.717) is 5.65 Å². The number of hydrogen-bond acceptors (Lipinski definition) is 5. The van der Waals surface area contributed by atoms with Gasteiger partial charge in [0.15, 0.2) is 5.65 Å². The molecule has 0 fully saturated rings. The van der Waals surface area contributed by atoms with Crippen molar-refractivity contribution in [2.75, 3.05) is 17.2 Å². The molecular weight excluding hydrogens is 264 g/mol. The number of nitrogens with zero attached hydrogens (tertiary/aromatic N) is 4. The normalized spacial score (nSPS) is 15.0. The van der Waals surface area contributed by atoms with Gasteiger partial charge in [0.1, 0.15) is 5.82 Å². The Morgan fingerprint density at radius 1 is 1.14 bits per heavy atom. The highest BCUT2D eigenvalue weighted by atomic mass is 15.2. The molecule has 0 saturated carbocycles. The lowest BCUT2D eigenvalue weighted by atomic mass is 10.1. The van der Waals surface area contributed by atoms with Crippen LogP contribution in [-0.2, 0) is 6.42 Å². The van der Waals surface area contributed by atoms with Crippen LogP contribution in [0.2, 0.25) is 0 Å². The molecule has 106 valence electrons. The maximum absolute atomic E-state index is 5.85. The van der Waals surface area contributed by atoms with Gasteiger partial charge < -0.3 is 10.6 Å². The smallest absolute Gasteiger partial charge is 0.224 e. The molecule has 1 aliphatic rings. The number of H-pyrrole nitrogens is 1. The predicted octanol–water partition coefficient (Wildman–Crippen LogP) is 2.41. The molecule has 6 heteroatoms. The first-order valence-electron chi connectivity index (χ1n) is 7.15. The molecule has 0 aliphatic carbocycles. The Bertz CT molecular complexity index is 794. The number of anilines is 3. The highest BCUT2D eigenvalue weighted by Gasteiger charge is 2.21. The number of fused-ring (bicyclic) bond motifs is 2. The second kappa shape index (κ2) is 4.73. The van der Waals surface area contributed by atoms with Crippen molar-refractivity contribution < 1.29 is 0 Å². The summed E-state index contributed by atoms with van der Waals surface area (Å²) in [5, 5.41) is 7.84. The molecule has 3 aromatic rings. The molecule has 0 atom stereocenters. The Hall–Kier alpha value is -2.63. The van der Waals surface area contributed by atoms with Crippen LogP contribution >= 0.6 is 0 Å². The van der Waals surface area contributed by atoms with E-state index in [1.807, 2.05) is 0 Å². The zero-order chi connectivity index (χ0) is 14.2. The standard InChI is InChI=1S/C15H16N6/c16-15-18-13-11(9-17-20-13)14(19-15)21-8-4-3-6-10-5-1-2-7-12(10)21/h1-2,5,7,9H,3-4,6,8H2,(H3,16,17,18,19,20). The van der Waals surface area contributed by atoms with Gasteiger partial charge in [-0.15, -0.1) is 0 Å².